The summed E-state index contributed by atoms with van der Waals surface area (Å²) in [5, 5.41) is 0.122. The minimum atomic E-state index is -3.66. The van der Waals surface area contributed by atoms with Crippen LogP contribution in [0.25, 0.3) is 0 Å². The van der Waals surface area contributed by atoms with Crippen molar-refractivity contribution < 1.29 is 13.2 Å². The lowest BCUT2D eigenvalue weighted by Crippen LogP contribution is -2.50. The molecule has 7 nitrogen and oxygen atoms in total. The van der Waals surface area contributed by atoms with Gasteiger partial charge in [-0.3, -0.25) is 4.90 Å². The number of hydrogen-bond donors (Lipinski definition) is 0. The number of ether oxygens (including phenoxy) is 1. The van der Waals surface area contributed by atoms with E-state index in [4.69, 9.17) is 16.3 Å². The molecule has 0 saturated carbocycles. The number of aromatic nitrogens is 2. The molecule has 2 fully saturated rings. The molecule has 2 saturated heterocycles. The summed E-state index contributed by atoms with van der Waals surface area (Å²) in [6, 6.07) is -0.0365. The number of rotatable bonds is 4. The summed E-state index contributed by atoms with van der Waals surface area (Å²) in [7, 11) is -1.98. The Morgan fingerprint density at radius 2 is 2.00 bits per heavy atom. The molecule has 0 radical (unpaired) electrons. The second-order valence-electron chi connectivity index (χ2n) is 6.84. The van der Waals surface area contributed by atoms with Crippen LogP contribution >= 0.6 is 11.6 Å². The van der Waals surface area contributed by atoms with E-state index in [2.05, 4.69) is 23.7 Å². The molecule has 2 aliphatic rings. The molecule has 3 heterocycles. The third-order valence-corrected chi connectivity index (χ3v) is 7.12. The fraction of sp³-hybridized carbons (Fsp3) is 0.800. The number of morpholine rings is 1. The van der Waals surface area contributed by atoms with Gasteiger partial charge in [0.05, 0.1) is 18.5 Å². The van der Waals surface area contributed by atoms with E-state index in [0.717, 1.165) is 32.5 Å². The summed E-state index contributed by atoms with van der Waals surface area (Å²) in [6.45, 7) is 7.02. The van der Waals surface area contributed by atoms with Crippen LogP contribution in [-0.2, 0) is 21.8 Å². The summed E-state index contributed by atoms with van der Waals surface area (Å²) in [4.78, 5) is 6.31. The molecule has 0 spiro atoms. The van der Waals surface area contributed by atoms with Crippen LogP contribution in [0.15, 0.2) is 11.4 Å². The first kappa shape index (κ1) is 18.1. The maximum absolute atomic E-state index is 13.0. The molecule has 3 rings (SSSR count). The molecule has 0 aliphatic carbocycles. The molecule has 2 aliphatic heterocycles. The molecule has 0 amide bonds. The van der Waals surface area contributed by atoms with Crippen LogP contribution in [0.2, 0.25) is 5.15 Å². The first-order valence-corrected chi connectivity index (χ1v) is 10.2. The predicted octanol–water partition coefficient (Wildman–Crippen LogP) is 1.34. The number of aryl methyl sites for hydroxylation is 1. The fourth-order valence-electron chi connectivity index (χ4n) is 3.72. The van der Waals surface area contributed by atoms with E-state index in [0.29, 0.717) is 6.54 Å². The summed E-state index contributed by atoms with van der Waals surface area (Å²) < 4.78 is 34.8. The summed E-state index contributed by atoms with van der Waals surface area (Å²) in [6.07, 6.45) is 3.51. The van der Waals surface area contributed by atoms with Gasteiger partial charge in [-0.25, -0.2) is 13.4 Å². The van der Waals surface area contributed by atoms with Gasteiger partial charge in [-0.2, -0.15) is 4.31 Å². The molecule has 3 atom stereocenters. The number of hydrogen-bond acceptors (Lipinski definition) is 5. The molecular formula is C15H25ClN4O3S. The van der Waals surface area contributed by atoms with Crippen LogP contribution in [0.4, 0.5) is 0 Å². The monoisotopic (exact) mass is 376 g/mol. The topological polar surface area (TPSA) is 67.7 Å². The SMILES string of the molecule is CC1CN(CC2CCCN2S(=O)(=O)c2ncn(C)c2Cl)CC(C)O1. The van der Waals surface area contributed by atoms with Gasteiger partial charge in [-0.05, 0) is 26.7 Å². The number of sulfonamides is 1. The Labute approximate surface area is 148 Å². The van der Waals surface area contributed by atoms with Crippen molar-refractivity contribution in [2.45, 2.75) is 50.0 Å². The zero-order valence-corrected chi connectivity index (χ0v) is 15.9. The van der Waals surface area contributed by atoms with Crippen molar-refractivity contribution in [2.75, 3.05) is 26.2 Å². The predicted molar refractivity (Wildman–Crippen MR) is 91.6 cm³/mol. The largest absolute Gasteiger partial charge is 0.373 e. The molecule has 0 aromatic carbocycles. The van der Waals surface area contributed by atoms with E-state index in [1.54, 1.807) is 11.4 Å². The van der Waals surface area contributed by atoms with E-state index in [9.17, 15) is 8.42 Å². The highest BCUT2D eigenvalue weighted by molar-refractivity contribution is 7.89. The van der Waals surface area contributed by atoms with Gasteiger partial charge >= 0.3 is 0 Å². The van der Waals surface area contributed by atoms with Gasteiger partial charge in [0, 0.05) is 39.3 Å². The van der Waals surface area contributed by atoms with Gasteiger partial charge in [0.15, 0.2) is 0 Å². The molecule has 1 aromatic heterocycles. The van der Waals surface area contributed by atoms with Gasteiger partial charge in [0.1, 0.15) is 5.15 Å². The van der Waals surface area contributed by atoms with E-state index in [1.807, 2.05) is 0 Å². The Morgan fingerprint density at radius 1 is 1.33 bits per heavy atom. The number of halogens is 1. The van der Waals surface area contributed by atoms with Gasteiger partial charge < -0.3 is 9.30 Å². The quantitative estimate of drug-likeness (QED) is 0.793. The lowest BCUT2D eigenvalue weighted by molar-refractivity contribution is -0.0707. The van der Waals surface area contributed by atoms with Crippen molar-refractivity contribution >= 4 is 21.6 Å². The lowest BCUT2D eigenvalue weighted by Gasteiger charge is -2.37. The van der Waals surface area contributed by atoms with Crippen LogP contribution in [0.3, 0.4) is 0 Å². The fourth-order valence-corrected chi connectivity index (χ4v) is 5.80. The number of nitrogens with zero attached hydrogens (tertiary/aromatic N) is 4. The molecule has 0 N–H and O–H groups in total. The van der Waals surface area contributed by atoms with Gasteiger partial charge in [0.2, 0.25) is 5.03 Å². The Kier molecular flexibility index (Phi) is 5.22. The van der Waals surface area contributed by atoms with Crippen LogP contribution in [0.5, 0.6) is 0 Å². The van der Waals surface area contributed by atoms with Crippen LogP contribution in [0.1, 0.15) is 26.7 Å². The lowest BCUT2D eigenvalue weighted by atomic mass is 10.1. The third kappa shape index (κ3) is 3.48. The highest BCUT2D eigenvalue weighted by Gasteiger charge is 2.39. The molecule has 1 aromatic rings. The van der Waals surface area contributed by atoms with Crippen molar-refractivity contribution in [3.8, 4) is 0 Å². The van der Waals surface area contributed by atoms with Crippen LogP contribution in [-0.4, -0.2) is 71.6 Å². The highest BCUT2D eigenvalue weighted by Crippen LogP contribution is 2.29. The second kappa shape index (κ2) is 6.92. The van der Waals surface area contributed by atoms with Crippen molar-refractivity contribution in [3.05, 3.63) is 11.5 Å². The Morgan fingerprint density at radius 3 is 2.58 bits per heavy atom. The van der Waals surface area contributed by atoms with E-state index >= 15 is 0 Å². The van der Waals surface area contributed by atoms with Gasteiger partial charge in [-0.15, -0.1) is 0 Å². The van der Waals surface area contributed by atoms with E-state index in [1.165, 1.54) is 10.9 Å². The number of imidazole rings is 1. The van der Waals surface area contributed by atoms with Gasteiger partial charge in [-0.1, -0.05) is 11.6 Å². The van der Waals surface area contributed by atoms with Crippen molar-refractivity contribution in [1.82, 2.24) is 18.8 Å². The average molecular weight is 377 g/mol. The van der Waals surface area contributed by atoms with E-state index in [-0.39, 0.29) is 28.4 Å². The standard InChI is InChI=1S/C15H25ClN4O3S/c1-11-7-19(8-12(2)23-11)9-13-5-4-6-20(13)24(21,22)15-14(16)18(3)10-17-15/h10-13H,4-9H2,1-3H3. The first-order valence-electron chi connectivity index (χ1n) is 8.35. The second-order valence-corrected chi connectivity index (χ2v) is 9.00. The molecule has 24 heavy (non-hydrogen) atoms. The van der Waals surface area contributed by atoms with Crippen LogP contribution < -0.4 is 0 Å². The van der Waals surface area contributed by atoms with E-state index < -0.39 is 10.0 Å². The maximum atomic E-state index is 13.0. The summed E-state index contributed by atoms with van der Waals surface area (Å²) >= 11 is 6.12. The zero-order valence-electron chi connectivity index (χ0n) is 14.4. The molecule has 0 bridgehead atoms. The van der Waals surface area contributed by atoms with Crippen molar-refractivity contribution in [2.24, 2.45) is 7.05 Å². The maximum Gasteiger partial charge on any atom is 0.263 e. The Bertz CT molecular complexity index is 683. The van der Waals surface area contributed by atoms with Crippen LogP contribution in [0, 0.1) is 0 Å². The van der Waals surface area contributed by atoms with Crippen molar-refractivity contribution in [3.63, 3.8) is 0 Å². The Hall–Kier alpha value is -0.670. The zero-order chi connectivity index (χ0) is 17.5. The smallest absolute Gasteiger partial charge is 0.263 e. The first-order chi connectivity index (χ1) is 11.3. The Balaban J connectivity index is 1.77. The molecule has 9 heteroatoms. The summed E-state index contributed by atoms with van der Waals surface area (Å²) in [5.74, 6) is 0. The van der Waals surface area contributed by atoms with Crippen molar-refractivity contribution in [1.29, 1.82) is 0 Å². The van der Waals surface area contributed by atoms with Gasteiger partial charge in [0.25, 0.3) is 10.0 Å². The average Bonchev–Trinajstić information content (AvgIpc) is 3.06. The summed E-state index contributed by atoms with van der Waals surface area (Å²) in [5.41, 5.74) is 0. The third-order valence-electron chi connectivity index (χ3n) is 4.67. The molecule has 136 valence electrons. The minimum absolute atomic E-state index is 0.0365. The molecular weight excluding hydrogens is 352 g/mol. The molecule has 3 unspecified atom stereocenters. The minimum Gasteiger partial charge on any atom is -0.373 e. The highest BCUT2D eigenvalue weighted by atomic mass is 35.5. The normalized spacial score (nSPS) is 30.1.